The van der Waals surface area contributed by atoms with Gasteiger partial charge in [-0.25, -0.2) is 0 Å². The maximum atomic E-state index is 5.90. The molecule has 0 aliphatic heterocycles. The van der Waals surface area contributed by atoms with E-state index in [2.05, 4.69) is 38.2 Å². The number of methoxy groups -OCH3 is 1. The predicted molar refractivity (Wildman–Crippen MR) is 79.9 cm³/mol. The van der Waals surface area contributed by atoms with E-state index in [1.807, 2.05) is 0 Å². The molecular weight excluding hydrogens is 238 g/mol. The molecule has 3 heteroatoms. The highest BCUT2D eigenvalue weighted by Gasteiger charge is 2.06. The van der Waals surface area contributed by atoms with Crippen molar-refractivity contribution in [3.63, 3.8) is 0 Å². The molecule has 0 spiro atoms. The molecule has 0 unspecified atom stereocenters. The Bertz CT molecular complexity index is 354. The van der Waals surface area contributed by atoms with Crippen molar-refractivity contribution in [3.05, 3.63) is 28.8 Å². The van der Waals surface area contributed by atoms with Gasteiger partial charge in [0.2, 0.25) is 0 Å². The molecular formula is C16H27NO2. The lowest BCUT2D eigenvalue weighted by Gasteiger charge is -2.14. The molecule has 108 valence electrons. The Labute approximate surface area is 117 Å². The zero-order valence-corrected chi connectivity index (χ0v) is 12.7. The van der Waals surface area contributed by atoms with E-state index in [4.69, 9.17) is 9.47 Å². The van der Waals surface area contributed by atoms with Gasteiger partial charge >= 0.3 is 0 Å². The van der Waals surface area contributed by atoms with E-state index in [0.717, 1.165) is 44.9 Å². The minimum Gasteiger partial charge on any atom is -0.493 e. The van der Waals surface area contributed by atoms with Crippen LogP contribution < -0.4 is 10.1 Å². The summed E-state index contributed by atoms with van der Waals surface area (Å²) in [6, 6.07) is 4.42. The van der Waals surface area contributed by atoms with Crippen LogP contribution in [0.2, 0.25) is 0 Å². The van der Waals surface area contributed by atoms with Crippen LogP contribution in [0.15, 0.2) is 12.1 Å². The number of hydrogen-bond donors (Lipinski definition) is 1. The third-order valence-electron chi connectivity index (χ3n) is 3.09. The number of benzene rings is 1. The lowest BCUT2D eigenvalue weighted by Crippen LogP contribution is -2.12. The van der Waals surface area contributed by atoms with Crippen LogP contribution in [0.1, 0.15) is 36.5 Å². The zero-order valence-electron chi connectivity index (χ0n) is 12.7. The number of rotatable bonds is 9. The Balaban J connectivity index is 2.53. The summed E-state index contributed by atoms with van der Waals surface area (Å²) in [5.41, 5.74) is 3.77. The predicted octanol–water partition coefficient (Wildman–Crippen LogP) is 3.22. The smallest absolute Gasteiger partial charge is 0.125 e. The van der Waals surface area contributed by atoms with Crippen LogP contribution in [0.3, 0.4) is 0 Å². The van der Waals surface area contributed by atoms with E-state index >= 15 is 0 Å². The fourth-order valence-corrected chi connectivity index (χ4v) is 2.16. The summed E-state index contributed by atoms with van der Waals surface area (Å²) in [4.78, 5) is 0. The molecule has 0 aliphatic rings. The van der Waals surface area contributed by atoms with E-state index < -0.39 is 0 Å². The van der Waals surface area contributed by atoms with Crippen LogP contribution >= 0.6 is 0 Å². The third-order valence-corrected chi connectivity index (χ3v) is 3.09. The monoisotopic (exact) mass is 265 g/mol. The highest BCUT2D eigenvalue weighted by molar-refractivity contribution is 5.43. The highest BCUT2D eigenvalue weighted by Crippen LogP contribution is 2.25. The van der Waals surface area contributed by atoms with Gasteiger partial charge in [-0.15, -0.1) is 0 Å². The summed E-state index contributed by atoms with van der Waals surface area (Å²) >= 11 is 0. The molecule has 0 amide bonds. The van der Waals surface area contributed by atoms with Crippen LogP contribution in [0, 0.1) is 13.8 Å². The molecule has 0 saturated carbocycles. The van der Waals surface area contributed by atoms with Gasteiger partial charge in [-0.3, -0.25) is 0 Å². The molecule has 0 radical (unpaired) electrons. The van der Waals surface area contributed by atoms with E-state index in [9.17, 15) is 0 Å². The SMILES string of the molecule is CCNCc1cc(C)c(OCCCCOC)c(C)c1. The number of hydrogen-bond acceptors (Lipinski definition) is 3. The van der Waals surface area contributed by atoms with E-state index in [0.29, 0.717) is 0 Å². The maximum Gasteiger partial charge on any atom is 0.125 e. The fraction of sp³-hybridized carbons (Fsp3) is 0.625. The first-order chi connectivity index (χ1) is 9.19. The van der Waals surface area contributed by atoms with Gasteiger partial charge in [-0.05, 0) is 49.9 Å². The van der Waals surface area contributed by atoms with Crippen molar-refractivity contribution in [3.8, 4) is 5.75 Å². The first-order valence-corrected chi connectivity index (χ1v) is 7.11. The summed E-state index contributed by atoms with van der Waals surface area (Å²) < 4.78 is 10.9. The van der Waals surface area contributed by atoms with Gasteiger partial charge in [-0.1, -0.05) is 19.1 Å². The zero-order chi connectivity index (χ0) is 14.1. The van der Waals surface area contributed by atoms with Crippen LogP contribution in [-0.2, 0) is 11.3 Å². The molecule has 1 rings (SSSR count). The van der Waals surface area contributed by atoms with Crippen molar-refractivity contribution >= 4 is 0 Å². The van der Waals surface area contributed by atoms with Gasteiger partial charge < -0.3 is 14.8 Å². The largest absolute Gasteiger partial charge is 0.493 e. The molecule has 0 saturated heterocycles. The first-order valence-electron chi connectivity index (χ1n) is 7.11. The summed E-state index contributed by atoms with van der Waals surface area (Å²) in [5.74, 6) is 1.04. The van der Waals surface area contributed by atoms with E-state index in [-0.39, 0.29) is 0 Å². The third kappa shape index (κ3) is 5.62. The van der Waals surface area contributed by atoms with Gasteiger partial charge in [0.25, 0.3) is 0 Å². The van der Waals surface area contributed by atoms with Crippen LogP contribution in [0.25, 0.3) is 0 Å². The topological polar surface area (TPSA) is 30.5 Å². The van der Waals surface area contributed by atoms with Crippen molar-refractivity contribution in [1.82, 2.24) is 5.32 Å². The second-order valence-corrected chi connectivity index (χ2v) is 4.89. The Morgan fingerprint density at radius 1 is 1.05 bits per heavy atom. The van der Waals surface area contributed by atoms with Gasteiger partial charge in [-0.2, -0.15) is 0 Å². The summed E-state index contributed by atoms with van der Waals surface area (Å²) in [6.07, 6.45) is 2.08. The Morgan fingerprint density at radius 2 is 1.68 bits per heavy atom. The minimum absolute atomic E-state index is 0.762. The standard InChI is InChI=1S/C16H27NO2/c1-5-17-12-15-10-13(2)16(14(3)11-15)19-9-7-6-8-18-4/h10-11,17H,5-9,12H2,1-4H3. The Hall–Kier alpha value is -1.06. The molecule has 19 heavy (non-hydrogen) atoms. The Kier molecular flexibility index (Phi) is 7.53. The minimum atomic E-state index is 0.762. The van der Waals surface area contributed by atoms with Crippen molar-refractivity contribution in [2.24, 2.45) is 0 Å². The molecule has 1 aromatic rings. The lowest BCUT2D eigenvalue weighted by molar-refractivity contribution is 0.184. The average Bonchev–Trinajstić information content (AvgIpc) is 2.38. The molecule has 0 fully saturated rings. The fourth-order valence-electron chi connectivity index (χ4n) is 2.16. The van der Waals surface area contributed by atoms with E-state index in [1.54, 1.807) is 7.11 Å². The second-order valence-electron chi connectivity index (χ2n) is 4.89. The number of aryl methyl sites for hydroxylation is 2. The van der Waals surface area contributed by atoms with Crippen molar-refractivity contribution in [2.75, 3.05) is 26.9 Å². The summed E-state index contributed by atoms with van der Waals surface area (Å²) in [7, 11) is 1.73. The summed E-state index contributed by atoms with van der Waals surface area (Å²) in [6.45, 7) is 9.85. The highest BCUT2D eigenvalue weighted by atomic mass is 16.5. The average molecular weight is 265 g/mol. The molecule has 1 aromatic carbocycles. The quantitative estimate of drug-likeness (QED) is 0.695. The van der Waals surface area contributed by atoms with Crippen molar-refractivity contribution in [2.45, 2.75) is 40.2 Å². The maximum absolute atomic E-state index is 5.90. The second kappa shape index (κ2) is 8.94. The normalized spacial score (nSPS) is 10.7. The van der Waals surface area contributed by atoms with Crippen LogP contribution in [0.4, 0.5) is 0 Å². The number of unbranched alkanes of at least 4 members (excludes halogenated alkanes) is 1. The van der Waals surface area contributed by atoms with Gasteiger partial charge in [0.15, 0.2) is 0 Å². The van der Waals surface area contributed by atoms with Crippen molar-refractivity contribution in [1.29, 1.82) is 0 Å². The Morgan fingerprint density at radius 3 is 2.26 bits per heavy atom. The van der Waals surface area contributed by atoms with Crippen LogP contribution in [-0.4, -0.2) is 26.9 Å². The van der Waals surface area contributed by atoms with Crippen molar-refractivity contribution < 1.29 is 9.47 Å². The van der Waals surface area contributed by atoms with Gasteiger partial charge in [0, 0.05) is 20.3 Å². The molecule has 1 N–H and O–H groups in total. The number of ether oxygens (including phenoxy) is 2. The summed E-state index contributed by atoms with van der Waals surface area (Å²) in [5, 5.41) is 3.35. The molecule has 0 atom stereocenters. The molecule has 3 nitrogen and oxygen atoms in total. The molecule has 0 aliphatic carbocycles. The van der Waals surface area contributed by atoms with E-state index in [1.165, 1.54) is 16.7 Å². The lowest BCUT2D eigenvalue weighted by atomic mass is 10.1. The molecule has 0 bridgehead atoms. The molecule has 0 aromatic heterocycles. The van der Waals surface area contributed by atoms with Gasteiger partial charge in [0.05, 0.1) is 6.61 Å². The molecule has 0 heterocycles. The van der Waals surface area contributed by atoms with Crippen LogP contribution in [0.5, 0.6) is 5.75 Å². The first kappa shape index (κ1) is 16.0. The number of nitrogens with one attached hydrogen (secondary N) is 1. The van der Waals surface area contributed by atoms with Gasteiger partial charge in [0.1, 0.15) is 5.75 Å².